The van der Waals surface area contributed by atoms with E-state index in [-0.39, 0.29) is 11.3 Å². The number of hydrogen-bond acceptors (Lipinski definition) is 5. The zero-order valence-corrected chi connectivity index (χ0v) is 9.51. The van der Waals surface area contributed by atoms with Gasteiger partial charge in [0.25, 0.3) is 5.56 Å². The van der Waals surface area contributed by atoms with Crippen LogP contribution in [0.2, 0.25) is 0 Å². The van der Waals surface area contributed by atoms with Crippen molar-refractivity contribution >= 4 is 5.71 Å². The normalized spacial score (nSPS) is 11.6. The summed E-state index contributed by atoms with van der Waals surface area (Å²) >= 11 is 0. The van der Waals surface area contributed by atoms with Gasteiger partial charge < -0.3 is 9.94 Å². The van der Waals surface area contributed by atoms with Crippen molar-refractivity contribution in [1.82, 2.24) is 9.13 Å². The van der Waals surface area contributed by atoms with Crippen LogP contribution >= 0.6 is 0 Å². The quantitative estimate of drug-likeness (QED) is 0.527. The Hall–Kier alpha value is -2.05. The smallest absolute Gasteiger partial charge is 0.333 e. The Kier molecular flexibility index (Phi) is 3.17. The van der Waals surface area contributed by atoms with Crippen molar-refractivity contribution in [3.05, 3.63) is 26.4 Å². The topological polar surface area (TPSA) is 85.8 Å². The Labute approximate surface area is 91.2 Å². The third kappa shape index (κ3) is 1.71. The molecule has 7 heteroatoms. The van der Waals surface area contributed by atoms with Gasteiger partial charge in [-0.2, -0.15) is 0 Å². The molecule has 1 aromatic rings. The van der Waals surface area contributed by atoms with Crippen molar-refractivity contribution in [3.63, 3.8) is 0 Å². The molecule has 0 unspecified atom stereocenters. The fourth-order valence-electron chi connectivity index (χ4n) is 1.33. The van der Waals surface area contributed by atoms with Crippen LogP contribution in [0.25, 0.3) is 0 Å². The summed E-state index contributed by atoms with van der Waals surface area (Å²) in [4.78, 5) is 27.7. The molecular formula is C9H13N3O4. The van der Waals surface area contributed by atoms with Gasteiger partial charge in [-0.25, -0.2) is 4.79 Å². The highest BCUT2D eigenvalue weighted by Crippen LogP contribution is 2.09. The van der Waals surface area contributed by atoms with Crippen LogP contribution in [-0.4, -0.2) is 27.1 Å². The molecule has 0 bridgehead atoms. The van der Waals surface area contributed by atoms with E-state index in [9.17, 15) is 14.7 Å². The first-order valence-corrected chi connectivity index (χ1v) is 4.49. The summed E-state index contributed by atoms with van der Waals surface area (Å²) in [5.41, 5.74) is -1.06. The zero-order chi connectivity index (χ0) is 12.5. The maximum absolute atomic E-state index is 11.7. The molecule has 1 rings (SSSR count). The van der Waals surface area contributed by atoms with Gasteiger partial charge in [0.05, 0.1) is 5.71 Å². The fourth-order valence-corrected chi connectivity index (χ4v) is 1.33. The number of hydrogen-bond donors (Lipinski definition) is 1. The summed E-state index contributed by atoms with van der Waals surface area (Å²) in [6.07, 6.45) is 0. The van der Waals surface area contributed by atoms with E-state index in [0.29, 0.717) is 0 Å². The molecule has 0 aliphatic heterocycles. The molecule has 0 aromatic carbocycles. The van der Waals surface area contributed by atoms with E-state index in [4.69, 9.17) is 0 Å². The third-order valence-electron chi connectivity index (χ3n) is 2.22. The second kappa shape index (κ2) is 4.21. The Morgan fingerprint density at radius 3 is 2.38 bits per heavy atom. The molecule has 0 atom stereocenters. The van der Waals surface area contributed by atoms with Crippen molar-refractivity contribution < 1.29 is 9.94 Å². The van der Waals surface area contributed by atoms with Gasteiger partial charge in [0.2, 0.25) is 5.88 Å². The number of nitrogens with zero attached hydrogens (tertiary/aromatic N) is 3. The third-order valence-corrected chi connectivity index (χ3v) is 2.22. The van der Waals surface area contributed by atoms with Crippen LogP contribution in [0.3, 0.4) is 0 Å². The lowest BCUT2D eigenvalue weighted by molar-refractivity contribution is 0.213. The molecule has 0 amide bonds. The van der Waals surface area contributed by atoms with Gasteiger partial charge in [-0.3, -0.25) is 13.9 Å². The average molecular weight is 227 g/mol. The summed E-state index contributed by atoms with van der Waals surface area (Å²) in [6, 6.07) is 0. The summed E-state index contributed by atoms with van der Waals surface area (Å²) in [5, 5.41) is 13.3. The van der Waals surface area contributed by atoms with Crippen molar-refractivity contribution in [2.75, 3.05) is 7.11 Å². The van der Waals surface area contributed by atoms with Crippen LogP contribution in [-0.2, 0) is 18.9 Å². The van der Waals surface area contributed by atoms with Gasteiger partial charge in [0, 0.05) is 14.1 Å². The van der Waals surface area contributed by atoms with Crippen LogP contribution in [0, 0.1) is 0 Å². The minimum Gasteiger partial charge on any atom is -0.494 e. The second-order valence-electron chi connectivity index (χ2n) is 3.26. The van der Waals surface area contributed by atoms with E-state index in [1.54, 1.807) is 0 Å². The highest BCUT2D eigenvalue weighted by molar-refractivity contribution is 5.99. The van der Waals surface area contributed by atoms with Crippen molar-refractivity contribution in [3.8, 4) is 5.88 Å². The van der Waals surface area contributed by atoms with Gasteiger partial charge in [-0.05, 0) is 6.92 Å². The molecule has 7 nitrogen and oxygen atoms in total. The first kappa shape index (κ1) is 12.0. The minimum atomic E-state index is -0.612. The lowest BCUT2D eigenvalue weighted by Crippen LogP contribution is -2.39. The Morgan fingerprint density at radius 1 is 1.31 bits per heavy atom. The standard InChI is InChI=1S/C9H13N3O4/c1-5(10-16-4)6-7(13)11(2)9(15)12(3)8(6)14/h13H,1-4H3/b10-5+. The summed E-state index contributed by atoms with van der Waals surface area (Å²) in [6.45, 7) is 1.50. The van der Waals surface area contributed by atoms with Crippen molar-refractivity contribution in [1.29, 1.82) is 0 Å². The largest absolute Gasteiger partial charge is 0.494 e. The highest BCUT2D eigenvalue weighted by atomic mass is 16.6. The molecule has 0 saturated carbocycles. The van der Waals surface area contributed by atoms with Gasteiger partial charge in [-0.15, -0.1) is 0 Å². The molecule has 0 aliphatic rings. The molecule has 88 valence electrons. The summed E-state index contributed by atoms with van der Waals surface area (Å²) in [7, 11) is 4.02. The molecule has 16 heavy (non-hydrogen) atoms. The first-order chi connectivity index (χ1) is 7.41. The average Bonchev–Trinajstić information content (AvgIpc) is 2.24. The van der Waals surface area contributed by atoms with E-state index < -0.39 is 17.1 Å². The van der Waals surface area contributed by atoms with Crippen molar-refractivity contribution in [2.45, 2.75) is 6.92 Å². The molecule has 0 spiro atoms. The maximum Gasteiger partial charge on any atom is 0.333 e. The van der Waals surface area contributed by atoms with Crippen LogP contribution in [0.4, 0.5) is 0 Å². The molecule has 0 fully saturated rings. The lowest BCUT2D eigenvalue weighted by Gasteiger charge is -2.09. The molecule has 1 heterocycles. The second-order valence-corrected chi connectivity index (χ2v) is 3.26. The summed E-state index contributed by atoms with van der Waals surface area (Å²) < 4.78 is 1.86. The molecule has 1 N–H and O–H groups in total. The minimum absolute atomic E-state index is 0.0496. The Balaban J connectivity index is 3.72. The van der Waals surface area contributed by atoms with Gasteiger partial charge in [0.1, 0.15) is 12.7 Å². The van der Waals surface area contributed by atoms with Crippen LogP contribution < -0.4 is 11.2 Å². The van der Waals surface area contributed by atoms with E-state index in [1.807, 2.05) is 0 Å². The zero-order valence-electron chi connectivity index (χ0n) is 9.51. The molecule has 0 aliphatic carbocycles. The fraction of sp³-hybridized carbons (Fsp3) is 0.444. The SMILES string of the molecule is CO/N=C(\C)c1c(O)n(C)c(=O)n(C)c1=O. The van der Waals surface area contributed by atoms with Crippen LogP contribution in [0.15, 0.2) is 14.7 Å². The molecule has 0 saturated heterocycles. The maximum atomic E-state index is 11.7. The highest BCUT2D eigenvalue weighted by Gasteiger charge is 2.17. The monoisotopic (exact) mass is 227 g/mol. The number of rotatable bonds is 2. The first-order valence-electron chi connectivity index (χ1n) is 4.49. The lowest BCUT2D eigenvalue weighted by atomic mass is 10.2. The van der Waals surface area contributed by atoms with Crippen molar-refractivity contribution in [2.24, 2.45) is 19.3 Å². The van der Waals surface area contributed by atoms with E-state index in [2.05, 4.69) is 9.99 Å². The predicted molar refractivity (Wildman–Crippen MR) is 57.8 cm³/mol. The van der Waals surface area contributed by atoms with Gasteiger partial charge in [0.15, 0.2) is 0 Å². The Bertz CT molecular complexity index is 553. The van der Waals surface area contributed by atoms with Gasteiger partial charge in [-0.1, -0.05) is 5.16 Å². The number of aromatic nitrogens is 2. The van der Waals surface area contributed by atoms with E-state index in [1.165, 1.54) is 28.1 Å². The van der Waals surface area contributed by atoms with Crippen LogP contribution in [0.1, 0.15) is 12.5 Å². The molecule has 1 aromatic heterocycles. The molecule has 0 radical (unpaired) electrons. The van der Waals surface area contributed by atoms with Gasteiger partial charge >= 0.3 is 5.69 Å². The van der Waals surface area contributed by atoms with E-state index >= 15 is 0 Å². The number of oxime groups is 1. The Morgan fingerprint density at radius 2 is 1.88 bits per heavy atom. The molecular weight excluding hydrogens is 214 g/mol. The summed E-state index contributed by atoms with van der Waals surface area (Å²) in [5.74, 6) is -0.425. The number of aromatic hydroxyl groups is 1. The predicted octanol–water partition coefficient (Wildman–Crippen LogP) is -0.840. The van der Waals surface area contributed by atoms with Crippen LogP contribution in [0.5, 0.6) is 5.88 Å². The van der Waals surface area contributed by atoms with E-state index in [0.717, 1.165) is 9.13 Å².